The van der Waals surface area contributed by atoms with Crippen molar-refractivity contribution in [3.63, 3.8) is 0 Å². The highest BCUT2D eigenvalue weighted by atomic mass is 16.4. The molecule has 0 aromatic rings. The molecule has 186 valence electrons. The number of hydrogen-bond acceptors (Lipinski definition) is 4. The van der Waals surface area contributed by atoms with Gasteiger partial charge >= 0.3 is 5.97 Å². The third kappa shape index (κ3) is 3.02. The lowest BCUT2D eigenvalue weighted by molar-refractivity contribution is -0.222. The zero-order chi connectivity index (χ0) is 23.8. The first-order chi connectivity index (χ1) is 16.2. The van der Waals surface area contributed by atoms with E-state index in [1.165, 1.54) is 0 Å². The molecule has 4 aliphatic carbocycles. The summed E-state index contributed by atoms with van der Waals surface area (Å²) in [6.07, 6.45) is 7.81. The van der Waals surface area contributed by atoms with Crippen LogP contribution in [0.15, 0.2) is 0 Å². The number of carbonyl (C=O) groups excluding carboxylic acids is 3. The Morgan fingerprint density at radius 3 is 0.912 bits per heavy atom. The molecule has 0 atom stereocenters. The monoisotopic (exact) mass is 471 g/mol. The summed E-state index contributed by atoms with van der Waals surface area (Å²) in [6, 6.07) is 0. The van der Waals surface area contributed by atoms with Crippen molar-refractivity contribution in [2.24, 2.45) is 21.7 Å². The maximum absolute atomic E-state index is 14.1. The lowest BCUT2D eigenvalue weighted by atomic mass is 9.34. The molecule has 0 spiro atoms. The third-order valence-corrected chi connectivity index (χ3v) is 10.1. The molecule has 4 bridgehead atoms. The van der Waals surface area contributed by atoms with Crippen LogP contribution in [0.4, 0.5) is 0 Å². The molecule has 7 fully saturated rings. The van der Waals surface area contributed by atoms with Crippen molar-refractivity contribution < 1.29 is 24.3 Å². The zero-order valence-electron chi connectivity index (χ0n) is 20.1. The highest BCUT2D eigenvalue weighted by Gasteiger charge is 2.76. The van der Waals surface area contributed by atoms with Gasteiger partial charge in [-0.05, 0) is 77.0 Å². The van der Waals surface area contributed by atoms with Gasteiger partial charge in [-0.1, -0.05) is 0 Å². The summed E-state index contributed by atoms with van der Waals surface area (Å²) in [6.45, 7) is 4.17. The van der Waals surface area contributed by atoms with E-state index >= 15 is 0 Å². The predicted octanol–water partition coefficient (Wildman–Crippen LogP) is 2.27. The van der Waals surface area contributed by atoms with Gasteiger partial charge in [0.25, 0.3) is 0 Å². The zero-order valence-corrected chi connectivity index (χ0v) is 20.1. The van der Waals surface area contributed by atoms with E-state index in [1.807, 2.05) is 14.7 Å². The Bertz CT molecular complexity index is 813. The van der Waals surface area contributed by atoms with Crippen molar-refractivity contribution in [2.75, 3.05) is 39.3 Å². The average Bonchev–Trinajstić information content (AvgIpc) is 3.59. The largest absolute Gasteiger partial charge is 0.481 e. The van der Waals surface area contributed by atoms with E-state index in [-0.39, 0.29) is 37.0 Å². The molecular formula is C26H37N3O5. The lowest BCUT2D eigenvalue weighted by Crippen LogP contribution is -2.71. The first kappa shape index (κ1) is 22.4. The van der Waals surface area contributed by atoms with E-state index in [9.17, 15) is 24.3 Å². The second-order valence-corrected chi connectivity index (χ2v) is 12.5. The van der Waals surface area contributed by atoms with E-state index in [4.69, 9.17) is 0 Å². The van der Waals surface area contributed by atoms with Gasteiger partial charge in [0.05, 0.1) is 21.7 Å². The Kier molecular flexibility index (Phi) is 4.89. The normalized spacial score (nSPS) is 40.9. The molecule has 7 rings (SSSR count). The van der Waals surface area contributed by atoms with Crippen LogP contribution in [0.5, 0.6) is 0 Å². The second-order valence-electron chi connectivity index (χ2n) is 12.5. The summed E-state index contributed by atoms with van der Waals surface area (Å²) in [5.41, 5.74) is -3.97. The molecular weight excluding hydrogens is 434 g/mol. The molecule has 7 aliphatic rings. The van der Waals surface area contributed by atoms with Crippen LogP contribution in [0.2, 0.25) is 0 Å². The summed E-state index contributed by atoms with van der Waals surface area (Å²) in [5, 5.41) is 10.6. The van der Waals surface area contributed by atoms with Crippen molar-refractivity contribution in [3.8, 4) is 0 Å². The summed E-state index contributed by atoms with van der Waals surface area (Å²) in [4.78, 5) is 61.0. The van der Waals surface area contributed by atoms with Crippen LogP contribution in [0.1, 0.15) is 77.0 Å². The fraction of sp³-hybridized carbons (Fsp3) is 0.846. The number of hydrogen-bond donors (Lipinski definition) is 1. The molecule has 8 heteroatoms. The number of rotatable bonds is 4. The van der Waals surface area contributed by atoms with E-state index in [0.29, 0.717) is 58.5 Å². The van der Waals surface area contributed by atoms with Gasteiger partial charge in [-0.25, -0.2) is 0 Å². The molecule has 4 saturated carbocycles. The molecule has 34 heavy (non-hydrogen) atoms. The van der Waals surface area contributed by atoms with Gasteiger partial charge in [-0.15, -0.1) is 0 Å². The molecule has 0 aromatic heterocycles. The highest BCUT2D eigenvalue weighted by molar-refractivity contribution is 5.95. The van der Waals surface area contributed by atoms with Crippen LogP contribution in [0.3, 0.4) is 0 Å². The first-order valence-electron chi connectivity index (χ1n) is 13.4. The number of carbonyl (C=O) groups is 4. The predicted molar refractivity (Wildman–Crippen MR) is 123 cm³/mol. The summed E-state index contributed by atoms with van der Waals surface area (Å²) in [7, 11) is 0. The van der Waals surface area contributed by atoms with Gasteiger partial charge in [-0.2, -0.15) is 0 Å². The molecule has 3 saturated heterocycles. The minimum absolute atomic E-state index is 0.00641. The van der Waals surface area contributed by atoms with E-state index < -0.39 is 27.6 Å². The van der Waals surface area contributed by atoms with Gasteiger partial charge in [0.1, 0.15) is 0 Å². The molecule has 1 N–H and O–H groups in total. The highest BCUT2D eigenvalue weighted by Crippen LogP contribution is 2.75. The van der Waals surface area contributed by atoms with Crippen molar-refractivity contribution >= 4 is 23.7 Å². The average molecular weight is 472 g/mol. The number of carboxylic acids is 1. The van der Waals surface area contributed by atoms with Gasteiger partial charge in [0, 0.05) is 39.3 Å². The number of amides is 3. The Morgan fingerprint density at radius 1 is 0.441 bits per heavy atom. The molecule has 0 aromatic carbocycles. The Labute approximate surface area is 201 Å². The molecule has 8 nitrogen and oxygen atoms in total. The van der Waals surface area contributed by atoms with E-state index in [1.54, 1.807) is 0 Å². The standard InChI is InChI=1S/C26H37N3O5/c30-19(27-7-1-2-8-27)23-13-24(20(31)28-9-3-4-10-28)15-25(14-23,21(32)29-11-5-6-12-29)18-26(16-23,17-24)22(33)34/h1-18H2,(H,33,34). The van der Waals surface area contributed by atoms with Crippen molar-refractivity contribution in [2.45, 2.75) is 77.0 Å². The second kappa shape index (κ2) is 7.44. The summed E-state index contributed by atoms with van der Waals surface area (Å²) >= 11 is 0. The third-order valence-electron chi connectivity index (χ3n) is 10.1. The van der Waals surface area contributed by atoms with Crippen LogP contribution in [-0.2, 0) is 19.2 Å². The maximum Gasteiger partial charge on any atom is 0.309 e. The van der Waals surface area contributed by atoms with Crippen molar-refractivity contribution in [1.82, 2.24) is 14.7 Å². The van der Waals surface area contributed by atoms with Gasteiger partial charge in [0.15, 0.2) is 0 Å². The smallest absolute Gasteiger partial charge is 0.309 e. The van der Waals surface area contributed by atoms with Gasteiger partial charge < -0.3 is 19.8 Å². The molecule has 0 radical (unpaired) electrons. The fourth-order valence-corrected chi connectivity index (χ4v) is 9.31. The number of nitrogens with zero attached hydrogens (tertiary/aromatic N) is 3. The topological polar surface area (TPSA) is 98.2 Å². The summed E-state index contributed by atoms with van der Waals surface area (Å²) < 4.78 is 0. The van der Waals surface area contributed by atoms with Gasteiger partial charge in [-0.3, -0.25) is 19.2 Å². The van der Waals surface area contributed by atoms with Crippen LogP contribution in [-0.4, -0.2) is 82.8 Å². The van der Waals surface area contributed by atoms with Crippen molar-refractivity contribution in [1.29, 1.82) is 0 Å². The number of likely N-dealkylation sites (tertiary alicyclic amines) is 3. The van der Waals surface area contributed by atoms with Crippen molar-refractivity contribution in [3.05, 3.63) is 0 Å². The minimum Gasteiger partial charge on any atom is -0.481 e. The van der Waals surface area contributed by atoms with E-state index in [2.05, 4.69) is 0 Å². The van der Waals surface area contributed by atoms with E-state index in [0.717, 1.165) is 38.5 Å². The SMILES string of the molecule is O=C(O)C12CC3(C(=O)N4CCCC4)CC(C(=O)N4CCCC4)(C1)CC(C(=O)N1CCCC1)(C2)C3. The molecule has 3 aliphatic heterocycles. The Balaban J connectivity index is 1.48. The number of aliphatic carboxylic acids is 1. The first-order valence-corrected chi connectivity index (χ1v) is 13.4. The number of carboxylic acid groups (broad SMARTS) is 1. The minimum atomic E-state index is -1.19. The van der Waals surface area contributed by atoms with Crippen LogP contribution in [0.25, 0.3) is 0 Å². The van der Waals surface area contributed by atoms with Crippen LogP contribution < -0.4 is 0 Å². The molecule has 3 heterocycles. The van der Waals surface area contributed by atoms with Gasteiger partial charge in [0.2, 0.25) is 17.7 Å². The summed E-state index contributed by atoms with van der Waals surface area (Å²) in [5.74, 6) is -0.909. The van der Waals surface area contributed by atoms with Crippen LogP contribution >= 0.6 is 0 Å². The maximum atomic E-state index is 14.1. The van der Waals surface area contributed by atoms with Crippen LogP contribution in [0, 0.1) is 21.7 Å². The lowest BCUT2D eigenvalue weighted by Gasteiger charge is -2.68. The Morgan fingerprint density at radius 2 is 0.676 bits per heavy atom. The molecule has 0 unspecified atom stereocenters. The Hall–Kier alpha value is -2.12. The quantitative estimate of drug-likeness (QED) is 0.678. The fourth-order valence-electron chi connectivity index (χ4n) is 9.31. The molecule has 3 amide bonds.